The minimum absolute atomic E-state index is 0.832. The zero-order valence-electron chi connectivity index (χ0n) is 31.6. The van der Waals surface area contributed by atoms with Crippen LogP contribution in [-0.2, 0) is 31.5 Å². The molecule has 0 N–H and O–H groups in total. The zero-order chi connectivity index (χ0) is 37.1. The quantitative estimate of drug-likeness (QED) is 0.132. The van der Waals surface area contributed by atoms with E-state index >= 15 is 0 Å². The Morgan fingerprint density at radius 1 is 0.463 bits per heavy atom. The predicted molar refractivity (Wildman–Crippen MR) is 226 cm³/mol. The molecule has 0 amide bonds. The Balaban J connectivity index is 1.60. The third kappa shape index (κ3) is 6.22. The fraction of sp³-hybridized carbons (Fsp3) is 0.180. The van der Waals surface area contributed by atoms with E-state index in [1.54, 1.807) is 0 Å². The Hall–Kier alpha value is -6.13. The van der Waals surface area contributed by atoms with Crippen LogP contribution < -0.4 is 0 Å². The lowest BCUT2D eigenvalue weighted by atomic mass is 9.94. The fourth-order valence-corrected chi connectivity index (χ4v) is 7.81. The summed E-state index contributed by atoms with van der Waals surface area (Å²) >= 11 is 0. The second-order valence-electron chi connectivity index (χ2n) is 13.9. The van der Waals surface area contributed by atoms with Gasteiger partial charge < -0.3 is 0 Å². The number of benzene rings is 6. The summed E-state index contributed by atoms with van der Waals surface area (Å²) in [6.45, 7) is 8.92. The van der Waals surface area contributed by atoms with Gasteiger partial charge in [0.25, 0.3) is 5.79 Å². The van der Waals surface area contributed by atoms with Crippen molar-refractivity contribution < 1.29 is 0 Å². The van der Waals surface area contributed by atoms with Gasteiger partial charge in [-0.25, -0.2) is 15.0 Å². The molecule has 7 aromatic rings. The van der Waals surface area contributed by atoms with Crippen LogP contribution in [0.3, 0.4) is 0 Å². The Bertz CT molecular complexity index is 2400. The lowest BCUT2D eigenvalue weighted by molar-refractivity contribution is 0.405. The first kappa shape index (κ1) is 34.9. The topological polar surface area (TPSA) is 42.5 Å². The van der Waals surface area contributed by atoms with Crippen molar-refractivity contribution in [1.82, 2.24) is 9.55 Å². The molecule has 266 valence electrons. The van der Waals surface area contributed by atoms with Gasteiger partial charge in [0.1, 0.15) is 5.82 Å². The molecule has 1 aliphatic rings. The average molecular weight is 703 g/mol. The second-order valence-corrected chi connectivity index (χ2v) is 13.9. The van der Waals surface area contributed by atoms with Crippen LogP contribution in [0.4, 0.5) is 0 Å². The normalized spacial score (nSPS) is 13.5. The summed E-state index contributed by atoms with van der Waals surface area (Å²) < 4.78 is 2.38. The summed E-state index contributed by atoms with van der Waals surface area (Å²) in [5, 5.41) is 0. The number of hydrogen-bond donors (Lipinski definition) is 0. The number of aryl methyl sites for hydroxylation is 4. The van der Waals surface area contributed by atoms with Crippen LogP contribution in [0.5, 0.6) is 0 Å². The van der Waals surface area contributed by atoms with Gasteiger partial charge >= 0.3 is 0 Å². The molecule has 1 aliphatic heterocycles. The van der Waals surface area contributed by atoms with Crippen molar-refractivity contribution >= 4 is 11.4 Å². The maximum Gasteiger partial charge on any atom is 0.261 e. The molecular formula is C50H46N4. The molecule has 0 spiro atoms. The van der Waals surface area contributed by atoms with Crippen LogP contribution in [0.15, 0.2) is 168 Å². The van der Waals surface area contributed by atoms with E-state index in [1.165, 1.54) is 22.3 Å². The van der Waals surface area contributed by atoms with Crippen LogP contribution in [-0.4, -0.2) is 21.0 Å². The summed E-state index contributed by atoms with van der Waals surface area (Å²) in [5.74, 6) is -0.383. The number of imidazole rings is 1. The number of aromatic nitrogens is 2. The van der Waals surface area contributed by atoms with E-state index in [9.17, 15) is 0 Å². The van der Waals surface area contributed by atoms with E-state index in [4.69, 9.17) is 15.0 Å². The number of nitrogens with zero attached hydrogens (tertiary/aromatic N) is 4. The van der Waals surface area contributed by atoms with Gasteiger partial charge in [-0.1, -0.05) is 185 Å². The van der Waals surface area contributed by atoms with E-state index < -0.39 is 5.79 Å². The third-order valence-corrected chi connectivity index (χ3v) is 10.7. The van der Waals surface area contributed by atoms with E-state index in [0.29, 0.717) is 0 Å². The maximum atomic E-state index is 5.96. The molecule has 4 heteroatoms. The molecule has 0 saturated carbocycles. The van der Waals surface area contributed by atoms with Crippen molar-refractivity contribution in [3.63, 3.8) is 0 Å². The molecule has 0 atom stereocenters. The van der Waals surface area contributed by atoms with Gasteiger partial charge in [0.2, 0.25) is 0 Å². The lowest BCUT2D eigenvalue weighted by Gasteiger charge is -2.32. The molecular weight excluding hydrogens is 657 g/mol. The molecule has 0 bridgehead atoms. The van der Waals surface area contributed by atoms with Crippen molar-refractivity contribution in [3.8, 4) is 33.9 Å². The van der Waals surface area contributed by atoms with Crippen LogP contribution in [0.25, 0.3) is 33.9 Å². The summed E-state index contributed by atoms with van der Waals surface area (Å²) in [6.07, 6.45) is 3.62. The summed E-state index contributed by atoms with van der Waals surface area (Å²) in [6, 6.07) is 56.1. The van der Waals surface area contributed by atoms with Gasteiger partial charge in [-0.3, -0.25) is 4.57 Å². The minimum Gasteiger partial charge on any atom is -0.275 e. The molecule has 0 fully saturated rings. The summed E-state index contributed by atoms with van der Waals surface area (Å²) in [5.41, 5.74) is 15.0. The van der Waals surface area contributed by atoms with Crippen LogP contribution >= 0.6 is 0 Å². The fourth-order valence-electron chi connectivity index (χ4n) is 7.81. The standard InChI is InChI=1S/C50H46N4/c1-5-35-29-31-43(37(7-3)33-35)49-51-47(41-25-17-11-18-26-41)48(42-27-19-12-20-28-42)54(49)50(44-32-30-36(6-2)34-38(44)8-4)52-45(39-21-13-9-14-22-39)46(53-50)40-23-15-10-16-24-40/h9-34H,5-8H2,1-4H3. The first-order valence-electron chi connectivity index (χ1n) is 19.4. The highest BCUT2D eigenvalue weighted by Crippen LogP contribution is 2.48. The molecule has 4 nitrogen and oxygen atoms in total. The van der Waals surface area contributed by atoms with E-state index in [1.807, 2.05) is 0 Å². The molecule has 8 rings (SSSR count). The minimum atomic E-state index is -1.23. The van der Waals surface area contributed by atoms with Crippen molar-refractivity contribution in [2.45, 2.75) is 59.2 Å². The van der Waals surface area contributed by atoms with Gasteiger partial charge in [0.15, 0.2) is 0 Å². The smallest absolute Gasteiger partial charge is 0.261 e. The zero-order valence-corrected chi connectivity index (χ0v) is 31.6. The van der Waals surface area contributed by atoms with Crippen molar-refractivity contribution in [2.75, 3.05) is 0 Å². The number of rotatable bonds is 11. The molecule has 0 saturated heterocycles. The van der Waals surface area contributed by atoms with E-state index in [2.05, 4.69) is 190 Å². The Kier molecular flexibility index (Phi) is 9.75. The highest BCUT2D eigenvalue weighted by Gasteiger charge is 2.46. The predicted octanol–water partition coefficient (Wildman–Crippen LogP) is 11.8. The second kappa shape index (κ2) is 15.1. The molecule has 0 unspecified atom stereocenters. The monoisotopic (exact) mass is 702 g/mol. The van der Waals surface area contributed by atoms with Gasteiger partial charge in [-0.2, -0.15) is 0 Å². The summed E-state index contributed by atoms with van der Waals surface area (Å²) in [4.78, 5) is 17.6. The number of aliphatic imine (C=N–C) groups is 2. The van der Waals surface area contributed by atoms with Crippen molar-refractivity contribution in [1.29, 1.82) is 0 Å². The van der Waals surface area contributed by atoms with Crippen molar-refractivity contribution in [3.05, 3.63) is 197 Å². The summed E-state index contributed by atoms with van der Waals surface area (Å²) in [7, 11) is 0. The third-order valence-electron chi connectivity index (χ3n) is 10.7. The molecule has 1 aromatic heterocycles. The highest BCUT2D eigenvalue weighted by molar-refractivity contribution is 6.54. The Labute approximate surface area is 319 Å². The van der Waals surface area contributed by atoms with E-state index in [0.717, 1.165) is 87.7 Å². The average Bonchev–Trinajstić information content (AvgIpc) is 3.86. The Morgan fingerprint density at radius 2 is 0.926 bits per heavy atom. The molecule has 0 radical (unpaired) electrons. The van der Waals surface area contributed by atoms with Gasteiger partial charge in [-0.15, -0.1) is 0 Å². The SMILES string of the molecule is CCc1ccc(-c2nc(-c3ccccc3)c(-c3ccccc3)n2C2(c3ccc(CC)cc3CC)N=C(c3ccccc3)C(c3ccccc3)=N2)c(CC)c1. The molecule has 54 heavy (non-hydrogen) atoms. The van der Waals surface area contributed by atoms with Crippen LogP contribution in [0.1, 0.15) is 66.6 Å². The van der Waals surface area contributed by atoms with Gasteiger partial charge in [-0.05, 0) is 47.9 Å². The van der Waals surface area contributed by atoms with Gasteiger partial charge in [0.05, 0.1) is 22.8 Å². The van der Waals surface area contributed by atoms with Crippen LogP contribution in [0, 0.1) is 0 Å². The van der Waals surface area contributed by atoms with Crippen LogP contribution in [0.2, 0.25) is 0 Å². The molecule has 0 aliphatic carbocycles. The first-order chi connectivity index (χ1) is 26.6. The molecule has 6 aromatic carbocycles. The lowest BCUT2D eigenvalue weighted by Crippen LogP contribution is -2.32. The van der Waals surface area contributed by atoms with Crippen molar-refractivity contribution in [2.24, 2.45) is 9.98 Å². The largest absolute Gasteiger partial charge is 0.275 e. The highest BCUT2D eigenvalue weighted by atomic mass is 15.4. The Morgan fingerprint density at radius 3 is 1.43 bits per heavy atom. The van der Waals surface area contributed by atoms with E-state index in [-0.39, 0.29) is 0 Å². The number of hydrogen-bond acceptors (Lipinski definition) is 3. The maximum absolute atomic E-state index is 5.96. The molecule has 2 heterocycles. The first-order valence-corrected chi connectivity index (χ1v) is 19.4. The van der Waals surface area contributed by atoms with Gasteiger partial charge in [0, 0.05) is 33.4 Å².